The number of halogens is 2. The van der Waals surface area contributed by atoms with E-state index in [4.69, 9.17) is 11.6 Å². The van der Waals surface area contributed by atoms with Crippen LogP contribution in [0.3, 0.4) is 0 Å². The number of sulfonamides is 1. The molecule has 0 amide bonds. The number of nitrogens with one attached hydrogen (secondary N) is 3. The Labute approximate surface area is 141 Å². The van der Waals surface area contributed by atoms with E-state index in [9.17, 15) is 8.42 Å². The highest BCUT2D eigenvalue weighted by molar-refractivity contribution is 14.1. The van der Waals surface area contributed by atoms with E-state index in [1.54, 1.807) is 32.2 Å². The Morgan fingerprint density at radius 3 is 2.76 bits per heavy atom. The van der Waals surface area contributed by atoms with Gasteiger partial charge < -0.3 is 5.32 Å². The maximum absolute atomic E-state index is 12.6. The highest BCUT2D eigenvalue weighted by Crippen LogP contribution is 2.27. The van der Waals surface area contributed by atoms with Crippen LogP contribution >= 0.6 is 34.2 Å². The summed E-state index contributed by atoms with van der Waals surface area (Å²) in [6, 6.07) is 5.10. The van der Waals surface area contributed by atoms with Crippen LogP contribution in [0.1, 0.15) is 11.4 Å². The van der Waals surface area contributed by atoms with Gasteiger partial charge in [0, 0.05) is 10.1 Å². The fourth-order valence-electron chi connectivity index (χ4n) is 1.88. The van der Waals surface area contributed by atoms with Crippen molar-refractivity contribution in [3.63, 3.8) is 0 Å². The van der Waals surface area contributed by atoms with Crippen molar-refractivity contribution >= 4 is 49.9 Å². The van der Waals surface area contributed by atoms with Crippen molar-refractivity contribution in [3.8, 4) is 0 Å². The zero-order valence-electron chi connectivity index (χ0n) is 11.4. The number of hydrogen-bond acceptors (Lipinski definition) is 4. The van der Waals surface area contributed by atoms with Gasteiger partial charge in [0.05, 0.1) is 22.1 Å². The van der Waals surface area contributed by atoms with Gasteiger partial charge in [-0.3, -0.25) is 9.82 Å². The first kappa shape index (κ1) is 16.5. The summed E-state index contributed by atoms with van der Waals surface area (Å²) >= 11 is 8.18. The summed E-state index contributed by atoms with van der Waals surface area (Å²) in [4.78, 5) is 0.145. The lowest BCUT2D eigenvalue weighted by Crippen LogP contribution is -2.17. The van der Waals surface area contributed by atoms with Crippen LogP contribution in [0, 0.1) is 10.5 Å². The first-order valence-electron chi connectivity index (χ1n) is 6.01. The van der Waals surface area contributed by atoms with E-state index in [0.717, 1.165) is 3.57 Å². The molecule has 21 heavy (non-hydrogen) atoms. The molecule has 0 aliphatic heterocycles. The molecule has 1 aromatic carbocycles. The molecule has 0 bridgehead atoms. The summed E-state index contributed by atoms with van der Waals surface area (Å²) in [6.07, 6.45) is 0. The number of benzene rings is 1. The minimum absolute atomic E-state index is 0.145. The normalized spacial score (nSPS) is 11.6. The molecule has 0 atom stereocenters. The third-order valence-electron chi connectivity index (χ3n) is 2.75. The first-order valence-corrected chi connectivity index (χ1v) is 8.95. The number of aromatic nitrogens is 2. The Hall–Kier alpha value is -0.840. The molecule has 0 fully saturated rings. The van der Waals surface area contributed by atoms with Gasteiger partial charge in [-0.15, -0.1) is 0 Å². The minimum Gasteiger partial charge on any atom is -0.314 e. The van der Waals surface area contributed by atoms with E-state index in [0.29, 0.717) is 28.6 Å². The molecule has 0 saturated carbocycles. The van der Waals surface area contributed by atoms with E-state index in [1.807, 2.05) is 0 Å². The van der Waals surface area contributed by atoms with Gasteiger partial charge in [-0.25, -0.2) is 8.42 Å². The molecule has 0 unspecified atom stereocenters. The Balaban J connectivity index is 2.41. The zero-order chi connectivity index (χ0) is 15.6. The van der Waals surface area contributed by atoms with Crippen LogP contribution in [-0.2, 0) is 16.6 Å². The van der Waals surface area contributed by atoms with Crippen LogP contribution in [0.4, 0.5) is 5.69 Å². The third kappa shape index (κ3) is 3.68. The van der Waals surface area contributed by atoms with Crippen molar-refractivity contribution in [2.75, 3.05) is 11.8 Å². The Morgan fingerprint density at radius 1 is 1.43 bits per heavy atom. The molecule has 114 valence electrons. The Kier molecular flexibility index (Phi) is 5.12. The molecule has 0 aliphatic rings. The van der Waals surface area contributed by atoms with Crippen LogP contribution in [0.25, 0.3) is 0 Å². The zero-order valence-corrected chi connectivity index (χ0v) is 15.1. The SMILES string of the molecule is CNCc1n[nH]c(C)c1S(=O)(=O)Nc1ccc(I)cc1Cl. The van der Waals surface area contributed by atoms with Crippen molar-refractivity contribution in [2.45, 2.75) is 18.4 Å². The van der Waals surface area contributed by atoms with E-state index in [2.05, 4.69) is 42.8 Å². The molecular weight excluding hydrogens is 427 g/mol. The monoisotopic (exact) mass is 440 g/mol. The molecule has 0 spiro atoms. The standard InChI is InChI=1S/C12H14ClIN4O2S/c1-7-12(11(6-15-2)17-16-7)21(19,20)18-10-4-3-8(14)5-9(10)13/h3-5,15,18H,6H2,1-2H3,(H,16,17). The summed E-state index contributed by atoms with van der Waals surface area (Å²) in [5.74, 6) is 0. The maximum Gasteiger partial charge on any atom is 0.265 e. The quantitative estimate of drug-likeness (QED) is 0.624. The largest absolute Gasteiger partial charge is 0.314 e. The van der Waals surface area contributed by atoms with Crippen LogP contribution in [-0.4, -0.2) is 25.7 Å². The van der Waals surface area contributed by atoms with Gasteiger partial charge in [0.25, 0.3) is 10.0 Å². The van der Waals surface area contributed by atoms with Crippen molar-refractivity contribution in [1.29, 1.82) is 0 Å². The second-order valence-electron chi connectivity index (χ2n) is 4.38. The van der Waals surface area contributed by atoms with E-state index < -0.39 is 10.0 Å². The summed E-state index contributed by atoms with van der Waals surface area (Å²) in [5.41, 5.74) is 1.26. The second-order valence-corrected chi connectivity index (χ2v) is 7.66. The molecule has 3 N–H and O–H groups in total. The minimum atomic E-state index is -3.76. The molecule has 9 heteroatoms. The van der Waals surface area contributed by atoms with Crippen LogP contribution in [0.5, 0.6) is 0 Å². The molecule has 6 nitrogen and oxygen atoms in total. The highest BCUT2D eigenvalue weighted by Gasteiger charge is 2.24. The number of aryl methyl sites for hydroxylation is 1. The van der Waals surface area contributed by atoms with Gasteiger partial charge >= 0.3 is 0 Å². The van der Waals surface area contributed by atoms with Crippen LogP contribution in [0.2, 0.25) is 5.02 Å². The lowest BCUT2D eigenvalue weighted by Gasteiger charge is -2.10. The van der Waals surface area contributed by atoms with Crippen LogP contribution < -0.4 is 10.0 Å². The molecule has 0 radical (unpaired) electrons. The van der Waals surface area contributed by atoms with Gasteiger partial charge in [-0.05, 0) is 54.8 Å². The average Bonchev–Trinajstić information content (AvgIpc) is 2.75. The van der Waals surface area contributed by atoms with Crippen molar-refractivity contribution in [3.05, 3.63) is 38.2 Å². The number of H-pyrrole nitrogens is 1. The molecule has 0 aliphatic carbocycles. The lowest BCUT2D eigenvalue weighted by atomic mass is 10.3. The number of hydrogen-bond donors (Lipinski definition) is 3. The van der Waals surface area contributed by atoms with E-state index >= 15 is 0 Å². The van der Waals surface area contributed by atoms with Gasteiger partial charge in [0.2, 0.25) is 0 Å². The maximum atomic E-state index is 12.6. The molecule has 2 rings (SSSR count). The lowest BCUT2D eigenvalue weighted by molar-refractivity contribution is 0.598. The topological polar surface area (TPSA) is 86.9 Å². The predicted molar refractivity (Wildman–Crippen MR) is 91.1 cm³/mol. The number of nitrogens with zero attached hydrogens (tertiary/aromatic N) is 1. The van der Waals surface area contributed by atoms with Crippen molar-refractivity contribution in [1.82, 2.24) is 15.5 Å². The van der Waals surface area contributed by atoms with Gasteiger partial charge in [0.15, 0.2) is 0 Å². The highest BCUT2D eigenvalue weighted by atomic mass is 127. The van der Waals surface area contributed by atoms with Gasteiger partial charge in [-0.2, -0.15) is 5.10 Å². The van der Waals surface area contributed by atoms with Crippen molar-refractivity contribution < 1.29 is 8.42 Å². The smallest absolute Gasteiger partial charge is 0.265 e. The summed E-state index contributed by atoms with van der Waals surface area (Å²) in [7, 11) is -2.03. The molecule has 0 saturated heterocycles. The third-order valence-corrected chi connectivity index (χ3v) is 5.30. The summed E-state index contributed by atoms with van der Waals surface area (Å²) in [6.45, 7) is 2.01. The fourth-order valence-corrected chi connectivity index (χ4v) is 4.29. The molecular formula is C12H14ClIN4O2S. The Morgan fingerprint density at radius 2 is 2.14 bits per heavy atom. The first-order chi connectivity index (χ1) is 9.85. The van der Waals surface area contributed by atoms with Crippen LogP contribution in [0.15, 0.2) is 23.1 Å². The molecule has 2 aromatic rings. The average molecular weight is 441 g/mol. The molecule has 1 aromatic heterocycles. The number of aromatic amines is 1. The summed E-state index contributed by atoms with van der Waals surface area (Å²) < 4.78 is 28.5. The second kappa shape index (κ2) is 6.51. The predicted octanol–water partition coefficient (Wildman–Crippen LogP) is 2.50. The van der Waals surface area contributed by atoms with E-state index in [-0.39, 0.29) is 4.90 Å². The number of anilines is 1. The number of rotatable bonds is 5. The van der Waals surface area contributed by atoms with Gasteiger partial charge in [-0.1, -0.05) is 11.6 Å². The van der Waals surface area contributed by atoms with Gasteiger partial charge in [0.1, 0.15) is 4.90 Å². The van der Waals surface area contributed by atoms with E-state index in [1.165, 1.54) is 0 Å². The molecule has 1 heterocycles. The summed E-state index contributed by atoms with van der Waals surface area (Å²) in [5, 5.41) is 9.94. The van der Waals surface area contributed by atoms with Crippen molar-refractivity contribution in [2.24, 2.45) is 0 Å². The Bertz CT molecular complexity index is 761. The fraction of sp³-hybridized carbons (Fsp3) is 0.250.